The molecule has 1 saturated heterocycles. The largest absolute Gasteiger partial charge is 0.481 e. The molecule has 0 saturated carbocycles. The van der Waals surface area contributed by atoms with Gasteiger partial charge in [0.05, 0.1) is 31.2 Å². The van der Waals surface area contributed by atoms with Crippen molar-refractivity contribution in [1.29, 1.82) is 0 Å². The van der Waals surface area contributed by atoms with Crippen molar-refractivity contribution in [1.82, 2.24) is 4.90 Å². The molecule has 0 bridgehead atoms. The van der Waals surface area contributed by atoms with Crippen LogP contribution >= 0.6 is 0 Å². The molecule has 0 radical (unpaired) electrons. The number of aryl methyl sites for hydroxylation is 2. The van der Waals surface area contributed by atoms with Gasteiger partial charge in [-0.2, -0.15) is 0 Å². The zero-order valence-corrected chi connectivity index (χ0v) is 11.9. The Morgan fingerprint density at radius 2 is 2.00 bits per heavy atom. The van der Waals surface area contributed by atoms with Crippen molar-refractivity contribution in [3.8, 4) is 0 Å². The third kappa shape index (κ3) is 2.70. The van der Waals surface area contributed by atoms with Gasteiger partial charge in [0.15, 0.2) is 0 Å². The molecule has 1 unspecified atom stereocenters. The van der Waals surface area contributed by atoms with Crippen molar-refractivity contribution in [2.75, 3.05) is 19.8 Å². The number of aliphatic carboxylic acids is 1. The number of amides is 1. The van der Waals surface area contributed by atoms with Gasteiger partial charge < -0.3 is 19.2 Å². The number of furan rings is 1. The van der Waals surface area contributed by atoms with Crippen LogP contribution < -0.4 is 0 Å². The summed E-state index contributed by atoms with van der Waals surface area (Å²) in [5.41, 5.74) is 1.35. The number of hydrogen-bond acceptors (Lipinski definition) is 4. The predicted molar refractivity (Wildman–Crippen MR) is 70.8 cm³/mol. The number of ether oxygens (including phenoxy) is 1. The molecule has 1 aliphatic rings. The molecule has 0 aromatic carbocycles. The molecular weight excluding hydrogens is 262 g/mol. The van der Waals surface area contributed by atoms with Crippen LogP contribution in [0.2, 0.25) is 0 Å². The van der Waals surface area contributed by atoms with Gasteiger partial charge in [-0.1, -0.05) is 0 Å². The van der Waals surface area contributed by atoms with Gasteiger partial charge in [-0.3, -0.25) is 9.59 Å². The fourth-order valence-corrected chi connectivity index (χ4v) is 2.54. The van der Waals surface area contributed by atoms with Crippen LogP contribution in [0.3, 0.4) is 0 Å². The van der Waals surface area contributed by atoms with Crippen LogP contribution in [0.15, 0.2) is 4.42 Å². The highest BCUT2D eigenvalue weighted by atomic mass is 16.5. The van der Waals surface area contributed by atoms with Gasteiger partial charge in [0, 0.05) is 12.1 Å². The number of carboxylic acid groups (broad SMARTS) is 1. The Kier molecular flexibility index (Phi) is 4.13. The zero-order valence-electron chi connectivity index (χ0n) is 11.9. The summed E-state index contributed by atoms with van der Waals surface area (Å²) in [6.07, 6.45) is -0.110. The van der Waals surface area contributed by atoms with Crippen molar-refractivity contribution in [3.05, 3.63) is 22.6 Å². The third-order valence-electron chi connectivity index (χ3n) is 3.67. The maximum atomic E-state index is 12.7. The van der Waals surface area contributed by atoms with E-state index in [0.717, 1.165) is 5.56 Å². The van der Waals surface area contributed by atoms with Gasteiger partial charge in [0.2, 0.25) is 0 Å². The van der Waals surface area contributed by atoms with Crippen LogP contribution in [0.1, 0.15) is 33.9 Å². The van der Waals surface area contributed by atoms with Crippen molar-refractivity contribution in [2.45, 2.75) is 33.2 Å². The third-order valence-corrected chi connectivity index (χ3v) is 3.67. The van der Waals surface area contributed by atoms with E-state index in [1.807, 2.05) is 13.8 Å². The average Bonchev–Trinajstić information content (AvgIpc) is 2.62. The molecule has 1 fully saturated rings. The lowest BCUT2D eigenvalue weighted by molar-refractivity contribution is -0.139. The van der Waals surface area contributed by atoms with E-state index in [2.05, 4.69) is 0 Å². The topological polar surface area (TPSA) is 80.0 Å². The molecule has 1 aliphatic heterocycles. The summed E-state index contributed by atoms with van der Waals surface area (Å²) in [4.78, 5) is 25.1. The molecular formula is C14H19NO5. The van der Waals surface area contributed by atoms with Crippen LogP contribution in [0, 0.1) is 20.8 Å². The lowest BCUT2D eigenvalue weighted by Gasteiger charge is -2.34. The van der Waals surface area contributed by atoms with Gasteiger partial charge in [0.1, 0.15) is 11.5 Å². The molecule has 0 spiro atoms. The van der Waals surface area contributed by atoms with Gasteiger partial charge in [-0.15, -0.1) is 0 Å². The normalized spacial score (nSPS) is 19.1. The van der Waals surface area contributed by atoms with E-state index in [-0.39, 0.29) is 18.9 Å². The lowest BCUT2D eigenvalue weighted by atomic mass is 10.1. The van der Waals surface area contributed by atoms with Crippen molar-refractivity contribution in [3.63, 3.8) is 0 Å². The first-order valence-corrected chi connectivity index (χ1v) is 6.59. The Labute approximate surface area is 117 Å². The molecule has 110 valence electrons. The molecule has 20 heavy (non-hydrogen) atoms. The first-order chi connectivity index (χ1) is 9.41. The lowest BCUT2D eigenvalue weighted by Crippen LogP contribution is -2.49. The summed E-state index contributed by atoms with van der Waals surface area (Å²) in [7, 11) is 0. The first-order valence-electron chi connectivity index (χ1n) is 6.59. The summed E-state index contributed by atoms with van der Waals surface area (Å²) in [6.45, 7) is 6.49. The Hall–Kier alpha value is -1.82. The van der Waals surface area contributed by atoms with Gasteiger partial charge >= 0.3 is 5.97 Å². The Morgan fingerprint density at radius 3 is 2.55 bits per heavy atom. The highest BCUT2D eigenvalue weighted by molar-refractivity contribution is 5.97. The Bertz CT molecular complexity index is 534. The van der Waals surface area contributed by atoms with E-state index in [0.29, 0.717) is 30.2 Å². The maximum absolute atomic E-state index is 12.7. The predicted octanol–water partition coefficient (Wildman–Crippen LogP) is 1.52. The van der Waals surface area contributed by atoms with Crippen LogP contribution in [-0.2, 0) is 9.53 Å². The van der Waals surface area contributed by atoms with Crippen molar-refractivity contribution in [2.24, 2.45) is 0 Å². The summed E-state index contributed by atoms with van der Waals surface area (Å²) in [6, 6.07) is -0.428. The minimum absolute atomic E-state index is 0.110. The Morgan fingerprint density at radius 1 is 1.30 bits per heavy atom. The molecule has 1 atom stereocenters. The van der Waals surface area contributed by atoms with E-state index in [1.54, 1.807) is 11.8 Å². The van der Waals surface area contributed by atoms with Crippen LogP contribution in [-0.4, -0.2) is 47.7 Å². The minimum Gasteiger partial charge on any atom is -0.481 e. The van der Waals surface area contributed by atoms with Gasteiger partial charge in [-0.05, 0) is 20.8 Å². The molecule has 1 aromatic heterocycles. The van der Waals surface area contributed by atoms with E-state index < -0.39 is 12.0 Å². The maximum Gasteiger partial charge on any atom is 0.305 e. The van der Waals surface area contributed by atoms with Gasteiger partial charge in [-0.25, -0.2) is 0 Å². The highest BCUT2D eigenvalue weighted by Gasteiger charge is 2.32. The summed E-state index contributed by atoms with van der Waals surface area (Å²) in [5, 5.41) is 8.94. The standard InChI is InChI=1S/C14H19NO5/c1-8-9(2)20-10(3)13(8)14(18)15-4-5-19-7-11(15)6-12(16)17/h11H,4-7H2,1-3H3,(H,16,17). The van der Waals surface area contributed by atoms with E-state index in [9.17, 15) is 9.59 Å². The first kappa shape index (κ1) is 14.6. The molecule has 1 aromatic rings. The average molecular weight is 281 g/mol. The summed E-state index contributed by atoms with van der Waals surface area (Å²) < 4.78 is 10.8. The summed E-state index contributed by atoms with van der Waals surface area (Å²) in [5.74, 6) is 0.181. The number of nitrogens with zero attached hydrogens (tertiary/aromatic N) is 1. The van der Waals surface area contributed by atoms with Crippen LogP contribution in [0.4, 0.5) is 0 Å². The van der Waals surface area contributed by atoms with Crippen molar-refractivity contribution < 1.29 is 23.8 Å². The number of carbonyl (C=O) groups is 2. The zero-order chi connectivity index (χ0) is 14.9. The number of rotatable bonds is 3. The van der Waals surface area contributed by atoms with E-state index in [4.69, 9.17) is 14.3 Å². The summed E-state index contributed by atoms with van der Waals surface area (Å²) >= 11 is 0. The monoisotopic (exact) mass is 281 g/mol. The number of hydrogen-bond donors (Lipinski definition) is 1. The quantitative estimate of drug-likeness (QED) is 0.908. The van der Waals surface area contributed by atoms with Crippen LogP contribution in [0.5, 0.6) is 0 Å². The molecule has 0 aliphatic carbocycles. The Balaban J connectivity index is 2.27. The minimum atomic E-state index is -0.935. The van der Waals surface area contributed by atoms with Crippen molar-refractivity contribution >= 4 is 11.9 Å². The second-order valence-electron chi connectivity index (χ2n) is 5.04. The molecule has 6 heteroatoms. The van der Waals surface area contributed by atoms with E-state index in [1.165, 1.54) is 0 Å². The second-order valence-corrected chi connectivity index (χ2v) is 5.04. The SMILES string of the molecule is Cc1oc(C)c(C(=O)N2CCOCC2CC(=O)O)c1C. The van der Waals surface area contributed by atoms with E-state index >= 15 is 0 Å². The highest BCUT2D eigenvalue weighted by Crippen LogP contribution is 2.24. The fourth-order valence-electron chi connectivity index (χ4n) is 2.54. The molecule has 1 N–H and O–H groups in total. The number of carboxylic acids is 1. The molecule has 2 rings (SSSR count). The molecule has 6 nitrogen and oxygen atoms in total. The number of morpholine rings is 1. The molecule has 2 heterocycles. The molecule has 1 amide bonds. The smallest absolute Gasteiger partial charge is 0.305 e. The fraction of sp³-hybridized carbons (Fsp3) is 0.571. The second kappa shape index (κ2) is 5.66. The van der Waals surface area contributed by atoms with Crippen LogP contribution in [0.25, 0.3) is 0 Å². The van der Waals surface area contributed by atoms with Gasteiger partial charge in [0.25, 0.3) is 5.91 Å². The number of carbonyl (C=O) groups excluding carboxylic acids is 1.